The third-order valence-corrected chi connectivity index (χ3v) is 4.60. The lowest BCUT2D eigenvalue weighted by Crippen LogP contribution is -2.43. The van der Waals surface area contributed by atoms with Crippen LogP contribution in [0.1, 0.15) is 18.9 Å². The fourth-order valence-corrected chi connectivity index (χ4v) is 2.58. The highest BCUT2D eigenvalue weighted by molar-refractivity contribution is 9.10. The highest BCUT2D eigenvalue weighted by Crippen LogP contribution is 2.27. The van der Waals surface area contributed by atoms with Gasteiger partial charge in [-0.3, -0.25) is 0 Å². The molecule has 0 spiro atoms. The molecule has 2 unspecified atom stereocenters. The second kappa shape index (κ2) is 5.36. The highest BCUT2D eigenvalue weighted by atomic mass is 79.9. The van der Waals surface area contributed by atoms with Crippen LogP contribution in [0.2, 0.25) is 0 Å². The largest absolute Gasteiger partial charge is 0.356 e. The third-order valence-electron chi connectivity index (χ3n) is 3.77. The van der Waals surface area contributed by atoms with E-state index >= 15 is 0 Å². The van der Waals surface area contributed by atoms with Gasteiger partial charge >= 0.3 is 0 Å². The third kappa shape index (κ3) is 2.80. The molecule has 0 amide bonds. The Labute approximate surface area is 112 Å². The predicted octanol–water partition coefficient (Wildman–Crippen LogP) is 2.57. The number of aromatic nitrogens is 1. The molecule has 0 saturated carbocycles. The normalized spacial score (nSPS) is 25.1. The molecule has 0 aliphatic carbocycles. The Bertz CT molecular complexity index is 394. The smallest absolute Gasteiger partial charge is 0.128 e. The Morgan fingerprint density at radius 2 is 2.35 bits per heavy atom. The van der Waals surface area contributed by atoms with Crippen LogP contribution < -0.4 is 10.6 Å². The molecular formula is C13H20BrN3. The van der Waals surface area contributed by atoms with E-state index in [1.807, 2.05) is 6.20 Å². The number of nitrogens with two attached hydrogens (primary N) is 1. The molecule has 2 rings (SSSR count). The van der Waals surface area contributed by atoms with E-state index in [0.29, 0.717) is 5.92 Å². The van der Waals surface area contributed by atoms with Crippen LogP contribution >= 0.6 is 15.9 Å². The van der Waals surface area contributed by atoms with Crippen LogP contribution in [0.3, 0.4) is 0 Å². The number of pyridine rings is 1. The average Bonchev–Trinajstić information content (AvgIpc) is 2.33. The number of hydrogen-bond acceptors (Lipinski definition) is 3. The van der Waals surface area contributed by atoms with E-state index in [4.69, 9.17) is 5.73 Å². The lowest BCUT2D eigenvalue weighted by atomic mass is 9.87. The molecule has 1 saturated heterocycles. The molecule has 0 radical (unpaired) electrons. The zero-order valence-corrected chi connectivity index (χ0v) is 12.1. The topological polar surface area (TPSA) is 42.1 Å². The number of rotatable bonds is 2. The van der Waals surface area contributed by atoms with Crippen molar-refractivity contribution < 1.29 is 0 Å². The standard InChI is InChI=1S/C13H20BrN3/c1-9-3-4-17(8-11(9)6-15)13-5-10(2)12(14)7-16-13/h5,7,9,11H,3-4,6,8,15H2,1-2H3. The summed E-state index contributed by atoms with van der Waals surface area (Å²) in [7, 11) is 0. The van der Waals surface area contributed by atoms with Crippen LogP contribution in [0.15, 0.2) is 16.7 Å². The van der Waals surface area contributed by atoms with E-state index in [0.717, 1.165) is 35.8 Å². The first-order chi connectivity index (χ1) is 8.11. The molecule has 17 heavy (non-hydrogen) atoms. The number of aryl methyl sites for hydroxylation is 1. The summed E-state index contributed by atoms with van der Waals surface area (Å²) in [5, 5.41) is 0. The second-order valence-electron chi connectivity index (χ2n) is 5.00. The van der Waals surface area contributed by atoms with E-state index < -0.39 is 0 Å². The molecular weight excluding hydrogens is 278 g/mol. The first-order valence-electron chi connectivity index (χ1n) is 6.19. The fourth-order valence-electron chi connectivity index (χ4n) is 2.36. The highest BCUT2D eigenvalue weighted by Gasteiger charge is 2.25. The van der Waals surface area contributed by atoms with Gasteiger partial charge < -0.3 is 10.6 Å². The number of nitrogens with zero attached hydrogens (tertiary/aromatic N) is 2. The Morgan fingerprint density at radius 3 is 3.00 bits per heavy atom. The molecule has 2 N–H and O–H groups in total. The minimum atomic E-state index is 0.592. The van der Waals surface area contributed by atoms with Gasteiger partial charge in [-0.15, -0.1) is 0 Å². The van der Waals surface area contributed by atoms with Crippen LogP contribution in [-0.4, -0.2) is 24.6 Å². The van der Waals surface area contributed by atoms with Gasteiger partial charge in [0.25, 0.3) is 0 Å². The first-order valence-corrected chi connectivity index (χ1v) is 6.98. The molecule has 1 aliphatic rings. The van der Waals surface area contributed by atoms with Crippen LogP contribution in [0.4, 0.5) is 5.82 Å². The molecule has 2 atom stereocenters. The van der Waals surface area contributed by atoms with Crippen LogP contribution in [0.5, 0.6) is 0 Å². The van der Waals surface area contributed by atoms with Crippen molar-refractivity contribution in [3.05, 3.63) is 22.3 Å². The lowest BCUT2D eigenvalue weighted by Gasteiger charge is -2.37. The van der Waals surface area contributed by atoms with E-state index in [9.17, 15) is 0 Å². The SMILES string of the molecule is Cc1cc(N2CCC(C)C(CN)C2)ncc1Br. The molecule has 1 aromatic heterocycles. The van der Waals surface area contributed by atoms with Crippen molar-refractivity contribution in [2.24, 2.45) is 17.6 Å². The Balaban J connectivity index is 2.14. The summed E-state index contributed by atoms with van der Waals surface area (Å²) < 4.78 is 1.07. The molecule has 4 heteroatoms. The van der Waals surface area contributed by atoms with E-state index in [-0.39, 0.29) is 0 Å². The monoisotopic (exact) mass is 297 g/mol. The van der Waals surface area contributed by atoms with Gasteiger partial charge in [0, 0.05) is 23.8 Å². The maximum Gasteiger partial charge on any atom is 0.128 e. The summed E-state index contributed by atoms with van der Waals surface area (Å²) in [4.78, 5) is 6.85. The van der Waals surface area contributed by atoms with Gasteiger partial charge in [0.1, 0.15) is 5.82 Å². The number of halogens is 1. The van der Waals surface area contributed by atoms with Crippen molar-refractivity contribution in [2.75, 3.05) is 24.5 Å². The average molecular weight is 298 g/mol. The molecule has 1 aliphatic heterocycles. The zero-order chi connectivity index (χ0) is 12.4. The van der Waals surface area contributed by atoms with Gasteiger partial charge in [-0.05, 0) is 59.3 Å². The summed E-state index contributed by atoms with van der Waals surface area (Å²) in [5.41, 5.74) is 7.07. The number of piperidine rings is 1. The summed E-state index contributed by atoms with van der Waals surface area (Å²) in [5.74, 6) is 2.40. The lowest BCUT2D eigenvalue weighted by molar-refractivity contribution is 0.307. The van der Waals surface area contributed by atoms with Crippen molar-refractivity contribution in [3.8, 4) is 0 Å². The minimum Gasteiger partial charge on any atom is -0.356 e. The molecule has 94 valence electrons. The van der Waals surface area contributed by atoms with Crippen LogP contribution in [0, 0.1) is 18.8 Å². The van der Waals surface area contributed by atoms with E-state index in [2.05, 4.69) is 45.7 Å². The van der Waals surface area contributed by atoms with Gasteiger partial charge in [-0.2, -0.15) is 0 Å². The summed E-state index contributed by atoms with van der Waals surface area (Å²) in [6, 6.07) is 2.15. The fraction of sp³-hybridized carbons (Fsp3) is 0.615. The summed E-state index contributed by atoms with van der Waals surface area (Å²) in [6.45, 7) is 7.29. The van der Waals surface area contributed by atoms with Crippen molar-refractivity contribution in [1.29, 1.82) is 0 Å². The van der Waals surface area contributed by atoms with Gasteiger partial charge in [0.05, 0.1) is 0 Å². The molecule has 1 aromatic rings. The van der Waals surface area contributed by atoms with Gasteiger partial charge in [-0.1, -0.05) is 6.92 Å². The maximum absolute atomic E-state index is 5.83. The van der Waals surface area contributed by atoms with E-state index in [1.54, 1.807) is 0 Å². The first kappa shape index (κ1) is 12.8. The Hall–Kier alpha value is -0.610. The quantitative estimate of drug-likeness (QED) is 0.912. The predicted molar refractivity (Wildman–Crippen MR) is 75.2 cm³/mol. The van der Waals surface area contributed by atoms with Gasteiger partial charge in [-0.25, -0.2) is 4.98 Å². The summed E-state index contributed by atoms with van der Waals surface area (Å²) >= 11 is 3.49. The van der Waals surface area contributed by atoms with Crippen molar-refractivity contribution >= 4 is 21.7 Å². The minimum absolute atomic E-state index is 0.592. The van der Waals surface area contributed by atoms with Crippen molar-refractivity contribution in [3.63, 3.8) is 0 Å². The second-order valence-corrected chi connectivity index (χ2v) is 5.85. The van der Waals surface area contributed by atoms with Crippen molar-refractivity contribution in [2.45, 2.75) is 20.3 Å². The Kier molecular flexibility index (Phi) is 4.05. The number of hydrogen-bond donors (Lipinski definition) is 1. The van der Waals surface area contributed by atoms with E-state index in [1.165, 1.54) is 12.0 Å². The molecule has 2 heterocycles. The molecule has 3 nitrogen and oxygen atoms in total. The molecule has 0 bridgehead atoms. The number of anilines is 1. The molecule has 0 aromatic carbocycles. The summed E-state index contributed by atoms with van der Waals surface area (Å²) in [6.07, 6.45) is 3.10. The maximum atomic E-state index is 5.83. The molecule has 1 fully saturated rings. The Morgan fingerprint density at radius 1 is 1.59 bits per heavy atom. The zero-order valence-electron chi connectivity index (χ0n) is 10.5. The van der Waals surface area contributed by atoms with Gasteiger partial charge in [0.2, 0.25) is 0 Å². The van der Waals surface area contributed by atoms with Crippen molar-refractivity contribution in [1.82, 2.24) is 4.98 Å². The van der Waals surface area contributed by atoms with Crippen LogP contribution in [-0.2, 0) is 0 Å². The van der Waals surface area contributed by atoms with Gasteiger partial charge in [0.15, 0.2) is 0 Å². The van der Waals surface area contributed by atoms with Crippen LogP contribution in [0.25, 0.3) is 0 Å².